The summed E-state index contributed by atoms with van der Waals surface area (Å²) in [5, 5.41) is 11.7. The molecule has 2 heterocycles. The van der Waals surface area contributed by atoms with Crippen LogP contribution in [0, 0.1) is 5.92 Å². The van der Waals surface area contributed by atoms with Crippen molar-refractivity contribution in [3.8, 4) is 5.75 Å². The van der Waals surface area contributed by atoms with Crippen LogP contribution in [0.3, 0.4) is 0 Å². The molecule has 0 spiro atoms. The van der Waals surface area contributed by atoms with E-state index in [1.807, 2.05) is 12.1 Å². The Morgan fingerprint density at radius 2 is 2.10 bits per heavy atom. The predicted molar refractivity (Wildman–Crippen MR) is 127 cm³/mol. The molecule has 1 aliphatic carbocycles. The van der Waals surface area contributed by atoms with Crippen molar-refractivity contribution in [3.05, 3.63) is 41.7 Å². The average Bonchev–Trinajstić information content (AvgIpc) is 3.16. The maximum Gasteiger partial charge on any atom is 0.224 e. The molecular weight excluding hydrogens is 388 g/mol. The fourth-order valence-corrected chi connectivity index (χ4v) is 4.19. The van der Waals surface area contributed by atoms with Crippen LogP contribution >= 0.6 is 0 Å². The molecule has 0 amide bonds. The van der Waals surface area contributed by atoms with Crippen LogP contribution < -0.4 is 20.7 Å². The third kappa shape index (κ3) is 5.28. The summed E-state index contributed by atoms with van der Waals surface area (Å²) in [6, 6.07) is 8.60. The van der Waals surface area contributed by atoms with Gasteiger partial charge in [-0.25, -0.2) is 4.98 Å². The fraction of sp³-hybridized carbons (Fsp3) is 0.500. The van der Waals surface area contributed by atoms with E-state index in [4.69, 9.17) is 4.74 Å². The van der Waals surface area contributed by atoms with Crippen molar-refractivity contribution in [1.29, 1.82) is 0 Å². The minimum Gasteiger partial charge on any atom is -0.497 e. The van der Waals surface area contributed by atoms with Gasteiger partial charge in [-0.1, -0.05) is 13.8 Å². The first kappa shape index (κ1) is 21.4. The summed E-state index contributed by atoms with van der Waals surface area (Å²) in [4.78, 5) is 12.5. The van der Waals surface area contributed by atoms with Crippen LogP contribution in [0.2, 0.25) is 0 Å². The first-order chi connectivity index (χ1) is 15.1. The van der Waals surface area contributed by atoms with E-state index in [9.17, 15) is 0 Å². The molecule has 0 fully saturated rings. The number of methoxy groups -OCH3 is 1. The number of benzene rings is 1. The highest BCUT2D eigenvalue weighted by atomic mass is 16.5. The second-order valence-corrected chi connectivity index (χ2v) is 8.65. The maximum atomic E-state index is 5.42. The monoisotopic (exact) mass is 422 g/mol. The molecule has 0 aliphatic heterocycles. The lowest BCUT2D eigenvalue weighted by Crippen LogP contribution is -2.27. The summed E-state index contributed by atoms with van der Waals surface area (Å²) in [7, 11) is 1.73. The van der Waals surface area contributed by atoms with Crippen molar-refractivity contribution in [2.75, 3.05) is 37.4 Å². The molecular formula is C24H34N6O. The van der Waals surface area contributed by atoms with Crippen LogP contribution in [-0.2, 0) is 6.42 Å². The third-order valence-corrected chi connectivity index (χ3v) is 5.79. The highest BCUT2D eigenvalue weighted by Crippen LogP contribution is 2.36. The normalized spacial score (nSPS) is 15.8. The van der Waals surface area contributed by atoms with Crippen LogP contribution in [0.1, 0.15) is 50.4 Å². The van der Waals surface area contributed by atoms with E-state index in [1.165, 1.54) is 35.0 Å². The lowest BCUT2D eigenvalue weighted by molar-refractivity contribution is 0.415. The Morgan fingerprint density at radius 3 is 2.94 bits per heavy atom. The lowest BCUT2D eigenvalue weighted by atomic mass is 9.91. The topological polar surface area (TPSA) is 86.9 Å². The van der Waals surface area contributed by atoms with Gasteiger partial charge in [0.05, 0.1) is 7.11 Å². The van der Waals surface area contributed by atoms with Gasteiger partial charge in [-0.15, -0.1) is 0 Å². The Labute approximate surface area is 184 Å². The van der Waals surface area contributed by atoms with Crippen molar-refractivity contribution < 1.29 is 4.74 Å². The molecule has 0 saturated heterocycles. The van der Waals surface area contributed by atoms with Gasteiger partial charge in [-0.3, -0.25) is 0 Å². The van der Waals surface area contributed by atoms with E-state index >= 15 is 0 Å². The largest absolute Gasteiger partial charge is 0.497 e. The Morgan fingerprint density at radius 1 is 1.19 bits per heavy atom. The lowest BCUT2D eigenvalue weighted by Gasteiger charge is -2.24. The van der Waals surface area contributed by atoms with E-state index in [0.717, 1.165) is 44.0 Å². The highest BCUT2D eigenvalue weighted by molar-refractivity contribution is 5.86. The molecule has 1 atom stereocenters. The minimum atomic E-state index is 0.382. The first-order valence-corrected chi connectivity index (χ1v) is 11.4. The van der Waals surface area contributed by atoms with Gasteiger partial charge in [-0.05, 0) is 68.0 Å². The standard InChI is InChI=1S/C24H34N6O/c1-16(2)15-28-24-27-13-10-22(30-24)26-12-5-11-25-21-7-4-6-18-19-14-17(31-3)8-9-20(19)29-23(18)21/h8-10,13-14,16,21,25,29H,4-7,11-12,15H2,1-3H3,(H2,26,27,28,30). The molecule has 1 aliphatic rings. The van der Waals surface area contributed by atoms with Gasteiger partial charge in [-0.2, -0.15) is 4.98 Å². The molecule has 0 bridgehead atoms. The number of aromatic nitrogens is 3. The molecule has 7 heteroatoms. The number of hydrogen-bond acceptors (Lipinski definition) is 6. The van der Waals surface area contributed by atoms with Crippen LogP contribution in [0.5, 0.6) is 5.75 Å². The molecule has 4 N–H and O–H groups in total. The quantitative estimate of drug-likeness (QED) is 0.360. The van der Waals surface area contributed by atoms with E-state index in [2.05, 4.69) is 56.9 Å². The Hall–Kier alpha value is -2.80. The van der Waals surface area contributed by atoms with Crippen LogP contribution in [-0.4, -0.2) is 41.7 Å². The number of ether oxygens (including phenoxy) is 1. The molecule has 2 aromatic heterocycles. The summed E-state index contributed by atoms with van der Waals surface area (Å²) < 4.78 is 5.42. The van der Waals surface area contributed by atoms with Crippen LogP contribution in [0.25, 0.3) is 10.9 Å². The van der Waals surface area contributed by atoms with Gasteiger partial charge in [0.15, 0.2) is 0 Å². The summed E-state index contributed by atoms with van der Waals surface area (Å²) >= 11 is 0. The average molecular weight is 423 g/mol. The number of H-pyrrole nitrogens is 1. The van der Waals surface area contributed by atoms with E-state index in [1.54, 1.807) is 13.3 Å². The summed E-state index contributed by atoms with van der Waals surface area (Å²) in [5.74, 6) is 3.03. The zero-order valence-electron chi connectivity index (χ0n) is 18.8. The molecule has 3 aromatic rings. The van der Waals surface area contributed by atoms with Crippen molar-refractivity contribution in [3.63, 3.8) is 0 Å². The Balaban J connectivity index is 1.28. The molecule has 0 radical (unpaired) electrons. The molecule has 1 unspecified atom stereocenters. The van der Waals surface area contributed by atoms with Gasteiger partial charge in [0.1, 0.15) is 11.6 Å². The molecule has 7 nitrogen and oxygen atoms in total. The van der Waals surface area contributed by atoms with Crippen LogP contribution in [0.4, 0.5) is 11.8 Å². The van der Waals surface area contributed by atoms with Gasteiger partial charge in [0, 0.05) is 41.9 Å². The maximum absolute atomic E-state index is 5.42. The second-order valence-electron chi connectivity index (χ2n) is 8.65. The van der Waals surface area contributed by atoms with Crippen molar-refractivity contribution in [1.82, 2.24) is 20.3 Å². The number of nitrogens with zero attached hydrogens (tertiary/aromatic N) is 2. The molecule has 1 aromatic carbocycles. The number of rotatable bonds is 10. The molecule has 4 rings (SSSR count). The number of aromatic amines is 1. The predicted octanol–water partition coefficient (Wildman–Crippen LogP) is 4.50. The first-order valence-electron chi connectivity index (χ1n) is 11.4. The summed E-state index contributed by atoms with van der Waals surface area (Å²) in [5.41, 5.74) is 3.99. The van der Waals surface area contributed by atoms with Gasteiger partial charge >= 0.3 is 0 Å². The fourth-order valence-electron chi connectivity index (χ4n) is 4.19. The third-order valence-electron chi connectivity index (χ3n) is 5.79. The van der Waals surface area contributed by atoms with Gasteiger partial charge < -0.3 is 25.7 Å². The van der Waals surface area contributed by atoms with Crippen molar-refractivity contribution in [2.24, 2.45) is 5.92 Å². The molecule has 31 heavy (non-hydrogen) atoms. The van der Waals surface area contributed by atoms with Crippen molar-refractivity contribution >= 4 is 22.7 Å². The molecule has 0 saturated carbocycles. The Kier molecular flexibility index (Phi) is 6.92. The SMILES string of the molecule is COc1ccc2[nH]c3c(c2c1)CCCC3NCCCNc1ccnc(NCC(C)C)n1. The zero-order chi connectivity index (χ0) is 21.6. The minimum absolute atomic E-state index is 0.382. The van der Waals surface area contributed by atoms with Crippen LogP contribution in [0.15, 0.2) is 30.5 Å². The van der Waals surface area contributed by atoms with Gasteiger partial charge in [0.2, 0.25) is 5.95 Å². The number of nitrogens with one attached hydrogen (secondary N) is 4. The highest BCUT2D eigenvalue weighted by Gasteiger charge is 2.23. The second kappa shape index (κ2) is 10.0. The smallest absolute Gasteiger partial charge is 0.224 e. The molecule has 166 valence electrons. The number of fused-ring (bicyclic) bond motifs is 3. The zero-order valence-corrected chi connectivity index (χ0v) is 18.8. The number of anilines is 2. The van der Waals surface area contributed by atoms with Gasteiger partial charge in [0.25, 0.3) is 0 Å². The number of hydrogen-bond donors (Lipinski definition) is 4. The van der Waals surface area contributed by atoms with E-state index in [-0.39, 0.29) is 0 Å². The van der Waals surface area contributed by atoms with Crippen molar-refractivity contribution in [2.45, 2.75) is 45.6 Å². The summed E-state index contributed by atoms with van der Waals surface area (Å²) in [6.07, 6.45) is 6.33. The van der Waals surface area contributed by atoms with E-state index in [0.29, 0.717) is 17.9 Å². The number of aryl methyl sites for hydroxylation is 1. The summed E-state index contributed by atoms with van der Waals surface area (Å²) in [6.45, 7) is 7.04. The van der Waals surface area contributed by atoms with E-state index < -0.39 is 0 Å². The Bertz CT molecular complexity index is 999.